The normalized spacial score (nSPS) is 20.2. The molecule has 0 spiro atoms. The van der Waals surface area contributed by atoms with Gasteiger partial charge in [-0.25, -0.2) is 0 Å². The minimum absolute atomic E-state index is 0.00238. The second-order valence-electron chi connectivity index (χ2n) is 8.33. The number of ether oxygens (including phenoxy) is 1. The molecule has 0 radical (unpaired) electrons. The third kappa shape index (κ3) is 4.59. The van der Waals surface area contributed by atoms with E-state index in [1.165, 1.54) is 18.4 Å². The minimum atomic E-state index is -0.00238. The van der Waals surface area contributed by atoms with E-state index in [-0.39, 0.29) is 17.7 Å². The predicted octanol–water partition coefficient (Wildman–Crippen LogP) is 4.06. The molecule has 0 aliphatic carbocycles. The molecule has 4 rings (SSSR count). The molecule has 6 heteroatoms. The topological polar surface area (TPSA) is 65.6 Å². The maximum absolute atomic E-state index is 13.1. The van der Waals surface area contributed by atoms with Gasteiger partial charge in [0.1, 0.15) is 11.4 Å². The van der Waals surface area contributed by atoms with Crippen LogP contribution in [0.5, 0.6) is 5.75 Å². The number of aromatic amines is 1. The Morgan fingerprint density at radius 1 is 1.03 bits per heavy atom. The lowest BCUT2D eigenvalue weighted by atomic mass is 10.00. The number of hydrogen-bond acceptors (Lipinski definition) is 4. The Kier molecular flexibility index (Phi) is 6.53. The highest BCUT2D eigenvalue weighted by Gasteiger charge is 2.26. The number of methoxy groups -OCH3 is 1. The lowest BCUT2D eigenvalue weighted by molar-refractivity contribution is 0.0787. The van der Waals surface area contributed by atoms with Crippen molar-refractivity contribution in [2.75, 3.05) is 33.3 Å². The van der Waals surface area contributed by atoms with E-state index in [1.807, 2.05) is 17.0 Å². The smallest absolute Gasteiger partial charge is 0.270 e. The number of amides is 1. The van der Waals surface area contributed by atoms with Crippen LogP contribution in [-0.4, -0.2) is 59.8 Å². The van der Waals surface area contributed by atoms with E-state index in [4.69, 9.17) is 4.74 Å². The average molecular weight is 410 g/mol. The van der Waals surface area contributed by atoms with Gasteiger partial charge in [-0.1, -0.05) is 25.0 Å². The van der Waals surface area contributed by atoms with Crippen molar-refractivity contribution in [3.8, 4) is 5.75 Å². The van der Waals surface area contributed by atoms with E-state index in [2.05, 4.69) is 22.0 Å². The molecule has 1 unspecified atom stereocenters. The van der Waals surface area contributed by atoms with E-state index >= 15 is 0 Å². The largest absolute Gasteiger partial charge is 0.497 e. The van der Waals surface area contributed by atoms with Gasteiger partial charge in [-0.2, -0.15) is 0 Å². The van der Waals surface area contributed by atoms with E-state index in [0.717, 1.165) is 51.1 Å². The summed E-state index contributed by atoms with van der Waals surface area (Å²) in [6.07, 6.45) is 8.30. The summed E-state index contributed by atoms with van der Waals surface area (Å²) in [5, 5.41) is 0. The Morgan fingerprint density at radius 2 is 1.77 bits per heavy atom. The Bertz CT molecular complexity index is 868. The molecule has 1 N–H and O–H groups in total. The zero-order chi connectivity index (χ0) is 20.9. The molecule has 2 saturated heterocycles. The van der Waals surface area contributed by atoms with Crippen LogP contribution in [0.25, 0.3) is 0 Å². The van der Waals surface area contributed by atoms with Crippen molar-refractivity contribution in [1.29, 1.82) is 0 Å². The van der Waals surface area contributed by atoms with Crippen molar-refractivity contribution in [1.82, 2.24) is 14.8 Å². The molecule has 1 aromatic carbocycles. The first-order valence-electron chi connectivity index (χ1n) is 11.0. The van der Waals surface area contributed by atoms with E-state index in [1.54, 1.807) is 19.4 Å². The number of carbonyl (C=O) groups is 2. The average Bonchev–Trinajstić information content (AvgIpc) is 3.44. The van der Waals surface area contributed by atoms with Crippen LogP contribution in [0.3, 0.4) is 0 Å². The van der Waals surface area contributed by atoms with Gasteiger partial charge in [-0.05, 0) is 56.0 Å². The highest BCUT2D eigenvalue weighted by Crippen LogP contribution is 2.31. The summed E-state index contributed by atoms with van der Waals surface area (Å²) in [5.74, 6) is 0.905. The van der Waals surface area contributed by atoms with Crippen LogP contribution in [0.15, 0.2) is 36.5 Å². The second kappa shape index (κ2) is 9.47. The van der Waals surface area contributed by atoms with Crippen molar-refractivity contribution in [2.24, 2.45) is 0 Å². The van der Waals surface area contributed by atoms with Gasteiger partial charge in [0.2, 0.25) is 0 Å². The van der Waals surface area contributed by atoms with Crippen molar-refractivity contribution >= 4 is 11.7 Å². The molecule has 1 amide bonds. The van der Waals surface area contributed by atoms with Crippen molar-refractivity contribution < 1.29 is 14.3 Å². The maximum Gasteiger partial charge on any atom is 0.270 e. The summed E-state index contributed by atoms with van der Waals surface area (Å²) in [6.45, 7) is 2.88. The molecular weight excluding hydrogens is 378 g/mol. The summed E-state index contributed by atoms with van der Waals surface area (Å²) in [6, 6.07) is 10.1. The van der Waals surface area contributed by atoms with Gasteiger partial charge in [0, 0.05) is 30.9 Å². The van der Waals surface area contributed by atoms with Gasteiger partial charge in [-0.15, -0.1) is 0 Å². The monoisotopic (exact) mass is 409 g/mol. The van der Waals surface area contributed by atoms with Crippen LogP contribution in [0.1, 0.15) is 71.0 Å². The molecular formula is C24H31N3O3. The van der Waals surface area contributed by atoms with Crippen LogP contribution < -0.4 is 4.74 Å². The zero-order valence-corrected chi connectivity index (χ0v) is 17.7. The second-order valence-corrected chi connectivity index (χ2v) is 8.33. The summed E-state index contributed by atoms with van der Waals surface area (Å²) >= 11 is 0. The Balaban J connectivity index is 1.46. The number of hydrogen-bond donors (Lipinski definition) is 1. The summed E-state index contributed by atoms with van der Waals surface area (Å²) < 4.78 is 5.29. The highest BCUT2D eigenvalue weighted by atomic mass is 16.5. The minimum Gasteiger partial charge on any atom is -0.497 e. The third-order valence-corrected chi connectivity index (χ3v) is 6.34. The number of rotatable bonds is 6. The Morgan fingerprint density at radius 3 is 2.50 bits per heavy atom. The molecule has 1 aromatic heterocycles. The van der Waals surface area contributed by atoms with Crippen molar-refractivity contribution in [2.45, 2.75) is 44.6 Å². The fourth-order valence-corrected chi connectivity index (χ4v) is 4.61. The molecule has 2 aliphatic rings. The van der Waals surface area contributed by atoms with Crippen molar-refractivity contribution in [3.05, 3.63) is 53.3 Å². The summed E-state index contributed by atoms with van der Waals surface area (Å²) in [5.41, 5.74) is 2.34. The number of carbonyl (C=O) groups excluding carboxylic acids is 2. The van der Waals surface area contributed by atoms with Crippen LogP contribution in [-0.2, 0) is 0 Å². The molecule has 0 bridgehead atoms. The lowest BCUT2D eigenvalue weighted by Crippen LogP contribution is -2.33. The quantitative estimate of drug-likeness (QED) is 0.731. The van der Waals surface area contributed by atoms with Crippen LogP contribution in [0, 0.1) is 0 Å². The number of benzene rings is 1. The molecule has 1 atom stereocenters. The first-order valence-corrected chi connectivity index (χ1v) is 11.0. The van der Waals surface area contributed by atoms with Crippen LogP contribution in [0.2, 0.25) is 0 Å². The molecule has 160 valence electrons. The third-order valence-electron chi connectivity index (χ3n) is 6.34. The van der Waals surface area contributed by atoms with Crippen molar-refractivity contribution in [3.63, 3.8) is 0 Å². The number of nitrogens with zero attached hydrogens (tertiary/aromatic N) is 2. The zero-order valence-electron chi connectivity index (χ0n) is 17.7. The van der Waals surface area contributed by atoms with Gasteiger partial charge in [0.15, 0.2) is 5.78 Å². The SMILES string of the molecule is COc1ccc(C2CCCCCN2CC(=O)c2c[nH]c(C(=O)N3CCCC3)c2)cc1. The standard InChI is InChI=1S/C24H31N3O3/c1-30-20-10-8-18(9-11-20)22-7-3-2-4-14-27(22)17-23(28)19-15-21(25-16-19)24(29)26-12-5-6-13-26/h8-11,15-16,22,25H,2-7,12-14,17H2,1H3. The van der Waals surface area contributed by atoms with Crippen LogP contribution >= 0.6 is 0 Å². The molecule has 30 heavy (non-hydrogen) atoms. The van der Waals surface area contributed by atoms with E-state index < -0.39 is 0 Å². The fourth-order valence-electron chi connectivity index (χ4n) is 4.61. The number of aromatic nitrogens is 1. The summed E-state index contributed by atoms with van der Waals surface area (Å²) in [4.78, 5) is 32.8. The van der Waals surface area contributed by atoms with Gasteiger partial charge in [0.05, 0.1) is 13.7 Å². The molecule has 6 nitrogen and oxygen atoms in total. The first kappa shape index (κ1) is 20.7. The molecule has 2 aromatic rings. The van der Waals surface area contributed by atoms with Gasteiger partial charge in [-0.3, -0.25) is 14.5 Å². The van der Waals surface area contributed by atoms with Crippen LogP contribution in [0.4, 0.5) is 0 Å². The van der Waals surface area contributed by atoms with Gasteiger partial charge < -0.3 is 14.6 Å². The fraction of sp³-hybridized carbons (Fsp3) is 0.500. The van der Waals surface area contributed by atoms with Gasteiger partial charge >= 0.3 is 0 Å². The number of Topliss-reactive ketones (excluding diaryl/α,β-unsaturated/α-hetero) is 1. The number of nitrogens with one attached hydrogen (secondary N) is 1. The van der Waals surface area contributed by atoms with E-state index in [9.17, 15) is 9.59 Å². The van der Waals surface area contributed by atoms with Gasteiger partial charge in [0.25, 0.3) is 5.91 Å². The molecule has 2 aliphatic heterocycles. The summed E-state index contributed by atoms with van der Waals surface area (Å²) in [7, 11) is 1.67. The number of H-pyrrole nitrogens is 1. The Labute approximate surface area is 178 Å². The Hall–Kier alpha value is -2.60. The lowest BCUT2D eigenvalue weighted by Gasteiger charge is -2.29. The number of likely N-dealkylation sites (tertiary alicyclic amines) is 2. The van der Waals surface area contributed by atoms with E-state index in [0.29, 0.717) is 17.8 Å². The number of ketones is 1. The highest BCUT2D eigenvalue weighted by molar-refractivity contribution is 6.01. The molecule has 0 saturated carbocycles. The molecule has 3 heterocycles. The first-order chi connectivity index (χ1) is 14.7. The maximum atomic E-state index is 13.1. The molecule has 2 fully saturated rings. The predicted molar refractivity (Wildman–Crippen MR) is 116 cm³/mol.